The monoisotopic (exact) mass is 275 g/mol. The van der Waals surface area contributed by atoms with Gasteiger partial charge in [0.25, 0.3) is 0 Å². The molecule has 0 aromatic carbocycles. The summed E-state index contributed by atoms with van der Waals surface area (Å²) in [6, 6.07) is 0. The lowest BCUT2D eigenvalue weighted by Crippen LogP contribution is -2.54. The number of aliphatic hydroxyl groups is 1. The van der Waals surface area contributed by atoms with Gasteiger partial charge in [0.15, 0.2) is 0 Å². The van der Waals surface area contributed by atoms with Crippen LogP contribution in [0.5, 0.6) is 0 Å². The summed E-state index contributed by atoms with van der Waals surface area (Å²) in [5, 5.41) is 12.6. The van der Waals surface area contributed by atoms with Gasteiger partial charge in [-0.05, 0) is 18.8 Å². The van der Waals surface area contributed by atoms with Crippen LogP contribution in [0.4, 0.5) is 0 Å². The molecule has 1 aliphatic rings. The third-order valence-electron chi connectivity index (χ3n) is 3.46. The molecule has 2 unspecified atom stereocenters. The molecule has 0 aromatic rings. The molecule has 5 heteroatoms. The van der Waals surface area contributed by atoms with Crippen molar-refractivity contribution in [1.29, 1.82) is 0 Å². The number of carbonyl (C=O) groups excluding carboxylic acids is 1. The van der Waals surface area contributed by atoms with E-state index >= 15 is 0 Å². The average molecular weight is 275 g/mol. The number of thioether (sulfide) groups is 1. The van der Waals surface area contributed by atoms with Crippen molar-refractivity contribution < 1.29 is 14.6 Å². The maximum atomic E-state index is 11.9. The SMILES string of the molecule is COCCSCC(=O)NC1(CO)CCCC(C)C1. The second-order valence-electron chi connectivity index (χ2n) is 5.23. The predicted octanol–water partition coefficient (Wildman–Crippen LogP) is 1.42. The Morgan fingerprint density at radius 3 is 3.00 bits per heavy atom. The van der Waals surface area contributed by atoms with Crippen molar-refractivity contribution in [2.45, 2.75) is 38.1 Å². The van der Waals surface area contributed by atoms with E-state index in [-0.39, 0.29) is 18.1 Å². The van der Waals surface area contributed by atoms with Crippen LogP contribution in [0.2, 0.25) is 0 Å². The van der Waals surface area contributed by atoms with Gasteiger partial charge < -0.3 is 15.2 Å². The lowest BCUT2D eigenvalue weighted by molar-refractivity contribution is -0.121. The average Bonchev–Trinajstić information content (AvgIpc) is 2.34. The van der Waals surface area contributed by atoms with Gasteiger partial charge in [-0.2, -0.15) is 0 Å². The summed E-state index contributed by atoms with van der Waals surface area (Å²) >= 11 is 1.57. The Morgan fingerprint density at radius 2 is 2.39 bits per heavy atom. The van der Waals surface area contributed by atoms with E-state index in [0.29, 0.717) is 18.3 Å². The number of amides is 1. The van der Waals surface area contributed by atoms with Crippen LogP contribution in [-0.4, -0.2) is 48.4 Å². The number of ether oxygens (including phenoxy) is 1. The van der Waals surface area contributed by atoms with Crippen LogP contribution in [0.3, 0.4) is 0 Å². The minimum atomic E-state index is -0.378. The van der Waals surface area contributed by atoms with E-state index in [4.69, 9.17) is 4.74 Å². The summed E-state index contributed by atoms with van der Waals surface area (Å²) < 4.78 is 4.94. The third kappa shape index (κ3) is 5.16. The van der Waals surface area contributed by atoms with Crippen LogP contribution < -0.4 is 5.32 Å². The molecule has 18 heavy (non-hydrogen) atoms. The molecule has 0 radical (unpaired) electrons. The van der Waals surface area contributed by atoms with Crippen LogP contribution in [-0.2, 0) is 9.53 Å². The van der Waals surface area contributed by atoms with Gasteiger partial charge in [-0.3, -0.25) is 4.79 Å². The highest BCUT2D eigenvalue weighted by atomic mass is 32.2. The zero-order valence-electron chi connectivity index (χ0n) is 11.4. The summed E-state index contributed by atoms with van der Waals surface area (Å²) in [6.45, 7) is 2.90. The molecule has 2 atom stereocenters. The summed E-state index contributed by atoms with van der Waals surface area (Å²) in [7, 11) is 1.66. The number of methoxy groups -OCH3 is 1. The van der Waals surface area contributed by atoms with Crippen molar-refractivity contribution in [3.8, 4) is 0 Å². The van der Waals surface area contributed by atoms with E-state index in [0.717, 1.165) is 25.0 Å². The van der Waals surface area contributed by atoms with E-state index in [1.165, 1.54) is 6.42 Å². The molecule has 0 aromatic heterocycles. The van der Waals surface area contributed by atoms with Crippen LogP contribution in [0.1, 0.15) is 32.6 Å². The van der Waals surface area contributed by atoms with E-state index < -0.39 is 0 Å². The van der Waals surface area contributed by atoms with Crippen LogP contribution >= 0.6 is 11.8 Å². The van der Waals surface area contributed by atoms with E-state index in [1.807, 2.05) is 0 Å². The smallest absolute Gasteiger partial charge is 0.230 e. The Morgan fingerprint density at radius 1 is 1.61 bits per heavy atom. The Hall–Kier alpha value is -0.260. The molecule has 0 spiro atoms. The van der Waals surface area contributed by atoms with Gasteiger partial charge in [-0.1, -0.05) is 19.8 Å². The fourth-order valence-corrected chi connectivity index (χ4v) is 3.28. The quantitative estimate of drug-likeness (QED) is 0.690. The van der Waals surface area contributed by atoms with Crippen molar-refractivity contribution in [2.75, 3.05) is 31.8 Å². The highest BCUT2D eigenvalue weighted by molar-refractivity contribution is 7.99. The standard InChI is InChI=1S/C13H25NO3S/c1-11-4-3-5-13(8-11,10-15)14-12(16)9-18-7-6-17-2/h11,15H,3-10H2,1-2H3,(H,14,16). The first kappa shape index (κ1) is 15.8. The Labute approximate surface area is 114 Å². The molecule has 106 valence electrons. The first-order valence-corrected chi connectivity index (χ1v) is 7.76. The summed E-state index contributed by atoms with van der Waals surface area (Å²) in [6.07, 6.45) is 4.05. The molecule has 0 bridgehead atoms. The highest BCUT2D eigenvalue weighted by Gasteiger charge is 2.35. The molecule has 2 N–H and O–H groups in total. The molecule has 1 saturated carbocycles. The Bertz CT molecular complexity index is 263. The summed E-state index contributed by atoms with van der Waals surface area (Å²) in [5.74, 6) is 1.87. The number of nitrogens with one attached hydrogen (secondary N) is 1. The maximum absolute atomic E-state index is 11.9. The van der Waals surface area contributed by atoms with Gasteiger partial charge in [0.2, 0.25) is 5.91 Å². The highest BCUT2D eigenvalue weighted by Crippen LogP contribution is 2.31. The van der Waals surface area contributed by atoms with E-state index in [9.17, 15) is 9.90 Å². The fourth-order valence-electron chi connectivity index (χ4n) is 2.60. The zero-order chi connectivity index (χ0) is 13.4. The molecule has 1 rings (SSSR count). The molecule has 0 saturated heterocycles. The van der Waals surface area contributed by atoms with Crippen LogP contribution in [0.25, 0.3) is 0 Å². The third-order valence-corrected chi connectivity index (χ3v) is 4.39. The topological polar surface area (TPSA) is 58.6 Å². The first-order chi connectivity index (χ1) is 8.62. The molecule has 4 nitrogen and oxygen atoms in total. The zero-order valence-corrected chi connectivity index (χ0v) is 12.2. The van der Waals surface area contributed by atoms with Crippen molar-refractivity contribution in [3.05, 3.63) is 0 Å². The number of hydrogen-bond donors (Lipinski definition) is 2. The molecule has 0 heterocycles. The fraction of sp³-hybridized carbons (Fsp3) is 0.923. The van der Waals surface area contributed by atoms with Crippen LogP contribution in [0.15, 0.2) is 0 Å². The van der Waals surface area contributed by atoms with Crippen molar-refractivity contribution in [2.24, 2.45) is 5.92 Å². The Balaban J connectivity index is 2.35. The van der Waals surface area contributed by atoms with Gasteiger partial charge in [-0.15, -0.1) is 11.8 Å². The van der Waals surface area contributed by atoms with Crippen LogP contribution in [0, 0.1) is 5.92 Å². The van der Waals surface area contributed by atoms with Crippen molar-refractivity contribution >= 4 is 17.7 Å². The van der Waals surface area contributed by atoms with Gasteiger partial charge >= 0.3 is 0 Å². The van der Waals surface area contributed by atoms with E-state index in [1.54, 1.807) is 18.9 Å². The normalized spacial score (nSPS) is 28.1. The first-order valence-electron chi connectivity index (χ1n) is 6.60. The van der Waals surface area contributed by atoms with Gasteiger partial charge in [0, 0.05) is 12.9 Å². The molecule has 1 fully saturated rings. The largest absolute Gasteiger partial charge is 0.394 e. The minimum Gasteiger partial charge on any atom is -0.394 e. The molecule has 1 amide bonds. The number of aliphatic hydroxyl groups excluding tert-OH is 1. The second kappa shape index (κ2) is 8.02. The predicted molar refractivity (Wildman–Crippen MR) is 74.8 cm³/mol. The maximum Gasteiger partial charge on any atom is 0.230 e. The molecule has 0 aliphatic heterocycles. The molecule has 1 aliphatic carbocycles. The summed E-state index contributed by atoms with van der Waals surface area (Å²) in [5.41, 5.74) is -0.378. The van der Waals surface area contributed by atoms with E-state index in [2.05, 4.69) is 12.2 Å². The van der Waals surface area contributed by atoms with Crippen molar-refractivity contribution in [1.82, 2.24) is 5.32 Å². The lowest BCUT2D eigenvalue weighted by Gasteiger charge is -2.39. The number of hydrogen-bond acceptors (Lipinski definition) is 4. The van der Waals surface area contributed by atoms with Crippen molar-refractivity contribution in [3.63, 3.8) is 0 Å². The van der Waals surface area contributed by atoms with Gasteiger partial charge in [-0.25, -0.2) is 0 Å². The summed E-state index contributed by atoms with van der Waals surface area (Å²) in [4.78, 5) is 11.9. The second-order valence-corrected chi connectivity index (χ2v) is 6.34. The minimum absolute atomic E-state index is 0.0271. The molecular formula is C13H25NO3S. The van der Waals surface area contributed by atoms with Gasteiger partial charge in [0.1, 0.15) is 0 Å². The lowest BCUT2D eigenvalue weighted by atomic mass is 9.77. The number of carbonyl (C=O) groups is 1. The Kier molecular flexibility index (Phi) is 7.04. The number of rotatable bonds is 7. The molecular weight excluding hydrogens is 250 g/mol. The van der Waals surface area contributed by atoms with Gasteiger partial charge in [0.05, 0.1) is 24.5 Å².